The number of primary amides is 1. The minimum Gasteiger partial charge on any atom is -0.370 e. The fraction of sp³-hybridized carbons (Fsp3) is 0.403. The highest BCUT2D eigenvalue weighted by atomic mass is 31.2. The molecule has 456 valence electrons. The number of aromatic amines is 1. The number of hydrogen-bond donors (Lipinski definition) is 8. The molecule has 0 aliphatic carbocycles. The van der Waals surface area contributed by atoms with Gasteiger partial charge in [-0.2, -0.15) is 8.78 Å². The average molecular weight is 1210 g/mol. The number of likely N-dealkylation sites (tertiary alicyclic amines) is 1. The van der Waals surface area contributed by atoms with Crippen LogP contribution in [0.4, 0.5) is 8.78 Å². The van der Waals surface area contributed by atoms with Crippen molar-refractivity contribution in [2.45, 2.75) is 120 Å². The highest BCUT2D eigenvalue weighted by molar-refractivity contribution is 7.39. The van der Waals surface area contributed by atoms with E-state index in [1.54, 1.807) is 12.1 Å². The zero-order chi connectivity index (χ0) is 61.5. The third-order valence-electron chi connectivity index (χ3n) is 16.9. The molecule has 0 bridgehead atoms. The van der Waals surface area contributed by atoms with Gasteiger partial charge >= 0.3 is 14.7 Å². The zero-order valence-electron chi connectivity index (χ0n) is 47.4. The first-order chi connectivity index (χ1) is 41.8. The van der Waals surface area contributed by atoms with E-state index in [9.17, 15) is 47.1 Å². The summed E-state index contributed by atoms with van der Waals surface area (Å²) in [6, 6.07) is 22.4. The maximum absolute atomic E-state index is 15.1. The number of piperidine rings is 2. The van der Waals surface area contributed by atoms with Gasteiger partial charge in [0.15, 0.2) is 0 Å². The second kappa shape index (κ2) is 27.1. The molecular formula is C62H67F2N10O12P. The molecule has 25 heteroatoms. The molecule has 0 radical (unpaired) electrons. The van der Waals surface area contributed by atoms with E-state index in [1.165, 1.54) is 26.8 Å². The van der Waals surface area contributed by atoms with Gasteiger partial charge in [-0.1, -0.05) is 78.6 Å². The second-order valence-electron chi connectivity index (χ2n) is 22.5. The summed E-state index contributed by atoms with van der Waals surface area (Å²) in [6.45, 7) is 2.12. The number of benzene rings is 4. The quantitative estimate of drug-likeness (QED) is 0.0329. The van der Waals surface area contributed by atoms with Gasteiger partial charge in [0.2, 0.25) is 41.4 Å². The Morgan fingerprint density at radius 3 is 2.24 bits per heavy atom. The lowest BCUT2D eigenvalue weighted by molar-refractivity contribution is -0.189. The van der Waals surface area contributed by atoms with E-state index in [0.717, 1.165) is 54.8 Å². The molecule has 4 saturated heterocycles. The number of H-pyrrole nitrogens is 1. The van der Waals surface area contributed by atoms with Crippen molar-refractivity contribution >= 4 is 72.7 Å². The van der Waals surface area contributed by atoms with Crippen LogP contribution in [-0.2, 0) is 50.7 Å². The molecule has 87 heavy (non-hydrogen) atoms. The molecule has 9 amide bonds. The Morgan fingerprint density at radius 1 is 0.828 bits per heavy atom. The van der Waals surface area contributed by atoms with E-state index in [2.05, 4.69) is 47.5 Å². The highest BCUT2D eigenvalue weighted by Crippen LogP contribution is 2.42. The number of halogens is 2. The van der Waals surface area contributed by atoms with Crippen LogP contribution >= 0.6 is 8.60 Å². The number of aromatic nitrogens is 1. The number of fused-ring (bicyclic) bond motifs is 3. The highest BCUT2D eigenvalue weighted by Gasteiger charge is 2.47. The molecule has 9 N–H and O–H groups in total. The molecule has 6 heterocycles. The number of nitrogens with two attached hydrogens (primary N) is 1. The Hall–Kier alpha value is -8.46. The van der Waals surface area contributed by atoms with Crippen LogP contribution in [0.15, 0.2) is 103 Å². The Balaban J connectivity index is 0.808. The molecule has 0 spiro atoms. The summed E-state index contributed by atoms with van der Waals surface area (Å²) in [5.41, 5.74) is 8.41. The number of amides is 9. The molecule has 4 aromatic carbocycles. The van der Waals surface area contributed by atoms with Gasteiger partial charge in [-0.15, -0.1) is 0 Å². The Morgan fingerprint density at radius 2 is 1.55 bits per heavy atom. The molecule has 22 nitrogen and oxygen atoms in total. The molecule has 1 aromatic heterocycles. The lowest BCUT2D eigenvalue weighted by Crippen LogP contribution is -2.62. The number of alkyl halides is 2. The molecule has 0 saturated carbocycles. The summed E-state index contributed by atoms with van der Waals surface area (Å²) >= 11 is 0. The minimum atomic E-state index is -4.09. The van der Waals surface area contributed by atoms with Crippen molar-refractivity contribution in [3.05, 3.63) is 142 Å². The van der Waals surface area contributed by atoms with Crippen LogP contribution in [0.25, 0.3) is 10.9 Å². The molecule has 4 fully saturated rings. The second-order valence-corrected chi connectivity index (χ2v) is 23.2. The SMILES string of the molecule is NC(=O)CC[C@H](NC(=O)[C@@H]1CC[C@@H]2CCN(C(=O)CCCN3CCC(C#Cc4cccc5c4CN(C4CCC(=O)NC4=O)C5=O)CC3)C[C@H](NC(=O)c3cc4cc(C(F)(F)OP(O)O)ccc4[nH]3)C(=O)N21)C(=O)NC(c1ccccc1)c1ccccc1. The van der Waals surface area contributed by atoms with Crippen LogP contribution in [0.2, 0.25) is 0 Å². The minimum absolute atomic E-state index is 0.0719. The number of carbonyl (C=O) groups excluding carboxylic acids is 9. The molecular weight excluding hydrogens is 1150 g/mol. The number of carbonyl (C=O) groups is 9. The third-order valence-corrected chi connectivity index (χ3v) is 17.3. The lowest BCUT2D eigenvalue weighted by atomic mass is 9.96. The summed E-state index contributed by atoms with van der Waals surface area (Å²) < 4.78 is 33.6. The summed E-state index contributed by atoms with van der Waals surface area (Å²) in [7, 11) is -3.42. The summed E-state index contributed by atoms with van der Waals surface area (Å²) in [6.07, 6.45) is -1.19. The van der Waals surface area contributed by atoms with Gasteiger partial charge in [-0.05, 0) is 124 Å². The standard InChI is InChI=1S/C62H67F2N10O12P/c63-62(64,86-87(84)85)42-18-20-46-41(33-42)34-48(66-46)57(79)68-49-36-72(54(77)15-8-29-71-30-26-37(27-31-71)16-17-38-13-7-14-44-45(38)35-73(60(44)82)50-23-25-53(76)69-58(50)80)32-28-43-19-22-51(74(43)61(49)83)59(81)67-47(21-24-52(65)75)56(78)70-55(39-9-3-1-4-10-39)40-11-5-2-6-12-40/h1-7,9-14,18,20,33-34,37,43,47,49-51,55,66,84-85H,8,15,19,21-32,35-36H2,(H2,65,75)(H,67,81)(H,68,79)(H,70,78)(H,69,76,80)/t43-,47+,49+,50?,51+/m1/s1. The fourth-order valence-corrected chi connectivity index (χ4v) is 12.6. The van der Waals surface area contributed by atoms with Crippen LogP contribution in [0.5, 0.6) is 0 Å². The maximum atomic E-state index is 15.1. The van der Waals surface area contributed by atoms with Gasteiger partial charge in [0.25, 0.3) is 11.8 Å². The van der Waals surface area contributed by atoms with Crippen molar-refractivity contribution in [3.8, 4) is 11.8 Å². The van der Waals surface area contributed by atoms with Crippen LogP contribution in [-0.4, -0.2) is 150 Å². The summed E-state index contributed by atoms with van der Waals surface area (Å²) in [5.74, 6) is 1.90. The Kier molecular flexibility index (Phi) is 19.2. The fourth-order valence-electron chi connectivity index (χ4n) is 12.3. The lowest BCUT2D eigenvalue weighted by Gasteiger charge is -2.39. The topological polar surface area (TPSA) is 306 Å². The summed E-state index contributed by atoms with van der Waals surface area (Å²) in [4.78, 5) is 150. The summed E-state index contributed by atoms with van der Waals surface area (Å²) in [5, 5.41) is 11.1. The van der Waals surface area contributed by atoms with Crippen molar-refractivity contribution < 1.29 is 66.2 Å². The first-order valence-electron chi connectivity index (χ1n) is 29.1. The smallest absolute Gasteiger partial charge is 0.370 e. The molecule has 5 aromatic rings. The number of hydrogen-bond acceptors (Lipinski definition) is 13. The van der Waals surface area contributed by atoms with Gasteiger partial charge in [0.1, 0.15) is 29.9 Å². The van der Waals surface area contributed by atoms with E-state index in [-0.39, 0.29) is 105 Å². The molecule has 5 aliphatic heterocycles. The first-order valence-corrected chi connectivity index (χ1v) is 30.2. The largest absolute Gasteiger partial charge is 0.389 e. The van der Waals surface area contributed by atoms with E-state index >= 15 is 4.79 Å². The number of imide groups is 1. The van der Waals surface area contributed by atoms with Gasteiger partial charge in [-0.3, -0.25) is 48.5 Å². The van der Waals surface area contributed by atoms with Crippen molar-refractivity contribution in [1.29, 1.82) is 0 Å². The first kappa shape index (κ1) is 61.6. The van der Waals surface area contributed by atoms with Crippen LogP contribution < -0.4 is 27.0 Å². The predicted molar refractivity (Wildman–Crippen MR) is 312 cm³/mol. The Labute approximate surface area is 500 Å². The molecule has 1 unspecified atom stereocenters. The number of rotatable bonds is 19. The van der Waals surface area contributed by atoms with E-state index in [0.29, 0.717) is 30.5 Å². The molecule has 5 atom stereocenters. The van der Waals surface area contributed by atoms with Crippen molar-refractivity contribution in [2.24, 2.45) is 11.7 Å². The normalized spacial score (nSPS) is 20.5. The van der Waals surface area contributed by atoms with Crippen LogP contribution in [0.3, 0.4) is 0 Å². The van der Waals surface area contributed by atoms with Crippen molar-refractivity contribution in [1.82, 2.24) is 45.9 Å². The van der Waals surface area contributed by atoms with Gasteiger partial charge in [0, 0.05) is 72.9 Å². The van der Waals surface area contributed by atoms with Crippen molar-refractivity contribution in [3.63, 3.8) is 0 Å². The average Bonchev–Trinajstić information content (AvgIpc) is 2.37. The van der Waals surface area contributed by atoms with E-state index < -0.39 is 92.0 Å². The van der Waals surface area contributed by atoms with Gasteiger partial charge in [-0.25, -0.2) is 4.52 Å². The Bertz CT molecular complexity index is 3480. The number of nitrogens with zero attached hydrogens (tertiary/aromatic N) is 4. The van der Waals surface area contributed by atoms with Crippen LogP contribution in [0, 0.1) is 17.8 Å². The van der Waals surface area contributed by atoms with E-state index in [4.69, 9.17) is 15.5 Å². The van der Waals surface area contributed by atoms with Gasteiger partial charge < -0.3 is 56.1 Å². The monoisotopic (exact) mass is 1210 g/mol. The predicted octanol–water partition coefficient (Wildman–Crippen LogP) is 4.10. The third kappa shape index (κ3) is 14.5. The molecule has 10 rings (SSSR count). The molecule has 5 aliphatic rings. The van der Waals surface area contributed by atoms with Gasteiger partial charge in [0.05, 0.1) is 11.6 Å². The van der Waals surface area contributed by atoms with E-state index in [1.807, 2.05) is 66.7 Å². The zero-order valence-corrected chi connectivity index (χ0v) is 48.3. The number of nitrogens with one attached hydrogen (secondary N) is 5. The van der Waals surface area contributed by atoms with Crippen LogP contribution in [0.1, 0.15) is 125 Å². The maximum Gasteiger partial charge on any atom is 0.389 e. The van der Waals surface area contributed by atoms with Crippen molar-refractivity contribution in [2.75, 3.05) is 32.7 Å².